The number of rotatable bonds is 8. The van der Waals surface area contributed by atoms with Gasteiger partial charge in [-0.1, -0.05) is 45.0 Å². The third-order valence-electron chi connectivity index (χ3n) is 6.21. The number of hydrogen-bond donors (Lipinski definition) is 4. The van der Waals surface area contributed by atoms with E-state index >= 15 is 0 Å². The van der Waals surface area contributed by atoms with Crippen LogP contribution in [-0.2, 0) is 20.2 Å². The van der Waals surface area contributed by atoms with Gasteiger partial charge in [0.2, 0.25) is 5.91 Å². The van der Waals surface area contributed by atoms with Gasteiger partial charge in [0.25, 0.3) is 15.9 Å². The Labute approximate surface area is 227 Å². The first-order valence-corrected chi connectivity index (χ1v) is 13.9. The molecule has 0 aliphatic rings. The third kappa shape index (κ3) is 6.46. The maximum atomic E-state index is 14.2. The van der Waals surface area contributed by atoms with Crippen LogP contribution >= 0.6 is 0 Å². The second kappa shape index (κ2) is 10.9. The number of carbonyl (C=O) groups is 2. The molecule has 0 bridgehead atoms. The van der Waals surface area contributed by atoms with Crippen LogP contribution in [0.25, 0.3) is 22.0 Å². The molecule has 2 amide bonds. The number of fused-ring (bicyclic) bond motifs is 1. The van der Waals surface area contributed by atoms with Crippen LogP contribution in [-0.4, -0.2) is 38.3 Å². The van der Waals surface area contributed by atoms with E-state index in [0.717, 1.165) is 5.56 Å². The Morgan fingerprint density at radius 1 is 0.923 bits per heavy atom. The zero-order valence-electron chi connectivity index (χ0n) is 22.2. The van der Waals surface area contributed by atoms with E-state index < -0.39 is 21.7 Å². The summed E-state index contributed by atoms with van der Waals surface area (Å²) in [5, 5.41) is 5.88. The van der Waals surface area contributed by atoms with Crippen LogP contribution in [0.5, 0.6) is 0 Å². The number of benzene rings is 3. The molecular formula is C29H31FN4O4S. The fourth-order valence-corrected chi connectivity index (χ4v) is 5.27. The maximum Gasteiger partial charge on any atom is 0.268 e. The number of anilines is 1. The average Bonchev–Trinajstić information content (AvgIpc) is 3.24. The minimum atomic E-state index is -3.89. The Morgan fingerprint density at radius 2 is 1.62 bits per heavy atom. The topological polar surface area (TPSA) is 120 Å². The summed E-state index contributed by atoms with van der Waals surface area (Å²) in [4.78, 5) is 27.4. The first-order valence-electron chi connectivity index (χ1n) is 12.4. The lowest BCUT2D eigenvalue weighted by molar-refractivity contribution is -0.118. The van der Waals surface area contributed by atoms with Gasteiger partial charge in [-0.2, -0.15) is 0 Å². The minimum Gasteiger partial charge on any atom is -0.355 e. The van der Waals surface area contributed by atoms with Crippen molar-refractivity contribution in [1.82, 2.24) is 15.6 Å². The van der Waals surface area contributed by atoms with Crippen molar-refractivity contribution >= 4 is 38.4 Å². The molecule has 0 unspecified atom stereocenters. The van der Waals surface area contributed by atoms with Crippen molar-refractivity contribution in [3.63, 3.8) is 0 Å². The van der Waals surface area contributed by atoms with Crippen molar-refractivity contribution in [3.05, 3.63) is 83.8 Å². The highest BCUT2D eigenvalue weighted by Gasteiger charge is 2.22. The van der Waals surface area contributed by atoms with E-state index in [4.69, 9.17) is 0 Å². The minimum absolute atomic E-state index is 0.115. The molecule has 0 aliphatic heterocycles. The van der Waals surface area contributed by atoms with E-state index in [2.05, 4.69) is 41.1 Å². The predicted molar refractivity (Wildman–Crippen MR) is 151 cm³/mol. The van der Waals surface area contributed by atoms with Crippen molar-refractivity contribution in [1.29, 1.82) is 0 Å². The Bertz CT molecular complexity index is 1640. The maximum absolute atomic E-state index is 14.2. The fourth-order valence-electron chi connectivity index (χ4n) is 4.22. The van der Waals surface area contributed by atoms with Gasteiger partial charge < -0.3 is 15.6 Å². The first kappa shape index (κ1) is 27.8. The molecule has 4 aromatic rings. The van der Waals surface area contributed by atoms with E-state index in [9.17, 15) is 22.4 Å². The van der Waals surface area contributed by atoms with E-state index in [1.165, 1.54) is 25.1 Å². The molecule has 0 aliphatic carbocycles. The van der Waals surface area contributed by atoms with Crippen LogP contribution in [0.1, 0.15) is 43.7 Å². The number of H-pyrrole nitrogens is 1. The number of nitrogens with one attached hydrogen (secondary N) is 4. The van der Waals surface area contributed by atoms with Gasteiger partial charge in [-0.25, -0.2) is 12.8 Å². The molecule has 1 aromatic heterocycles. The van der Waals surface area contributed by atoms with Gasteiger partial charge >= 0.3 is 0 Å². The van der Waals surface area contributed by atoms with Crippen LogP contribution in [0.3, 0.4) is 0 Å². The van der Waals surface area contributed by atoms with Crippen LogP contribution in [0, 0.1) is 5.82 Å². The molecule has 0 radical (unpaired) electrons. The standard InChI is InChI=1S/C29H31FN4O4S/c1-18(35)31-14-15-32-28(36)27-26(19-6-5-7-21(30)16-19)24-17-22(10-13-25(24)33-27)34-39(37,38)23-11-8-20(9-12-23)29(2,3)4/h5-13,16-17,33-34H,14-15H2,1-4H3,(H,31,35)(H,32,36). The lowest BCUT2D eigenvalue weighted by atomic mass is 9.87. The Morgan fingerprint density at radius 3 is 2.26 bits per heavy atom. The highest BCUT2D eigenvalue weighted by molar-refractivity contribution is 7.92. The van der Waals surface area contributed by atoms with Crippen LogP contribution in [0.2, 0.25) is 0 Å². The summed E-state index contributed by atoms with van der Waals surface area (Å²) >= 11 is 0. The summed E-state index contributed by atoms with van der Waals surface area (Å²) in [6, 6.07) is 17.4. The summed E-state index contributed by atoms with van der Waals surface area (Å²) in [6.07, 6.45) is 0. The van der Waals surface area contributed by atoms with Crippen molar-refractivity contribution in [2.75, 3.05) is 17.8 Å². The van der Waals surface area contributed by atoms with Crippen molar-refractivity contribution in [2.24, 2.45) is 0 Å². The van der Waals surface area contributed by atoms with Gasteiger partial charge in [0, 0.05) is 42.2 Å². The zero-order valence-corrected chi connectivity index (χ0v) is 23.0. The molecule has 8 nitrogen and oxygen atoms in total. The summed E-state index contributed by atoms with van der Waals surface area (Å²) < 4.78 is 43.1. The number of hydrogen-bond acceptors (Lipinski definition) is 4. The molecule has 0 atom stereocenters. The van der Waals surface area contributed by atoms with Gasteiger partial charge in [-0.15, -0.1) is 0 Å². The number of carbonyl (C=O) groups excluding carboxylic acids is 2. The van der Waals surface area contributed by atoms with Gasteiger partial charge in [-0.3, -0.25) is 14.3 Å². The SMILES string of the molecule is CC(=O)NCCNC(=O)c1[nH]c2ccc(NS(=O)(=O)c3ccc(C(C)(C)C)cc3)cc2c1-c1cccc(F)c1. The average molecular weight is 551 g/mol. The quantitative estimate of drug-likeness (QED) is 0.232. The van der Waals surface area contributed by atoms with E-state index in [0.29, 0.717) is 22.0 Å². The van der Waals surface area contributed by atoms with Gasteiger partial charge in [-0.05, 0) is 59.0 Å². The number of aromatic nitrogens is 1. The molecule has 10 heteroatoms. The largest absolute Gasteiger partial charge is 0.355 e. The van der Waals surface area contributed by atoms with Gasteiger partial charge in [0.05, 0.1) is 4.90 Å². The van der Waals surface area contributed by atoms with Crippen LogP contribution < -0.4 is 15.4 Å². The molecule has 4 N–H and O–H groups in total. The lowest BCUT2D eigenvalue weighted by Crippen LogP contribution is -2.34. The summed E-state index contributed by atoms with van der Waals surface area (Å²) in [5.74, 6) is -1.14. The Hall–Kier alpha value is -4.18. The molecule has 0 spiro atoms. The molecule has 0 fully saturated rings. The summed E-state index contributed by atoms with van der Waals surface area (Å²) in [6.45, 7) is 7.97. The van der Waals surface area contributed by atoms with Crippen LogP contribution in [0.4, 0.5) is 10.1 Å². The number of halogens is 1. The smallest absolute Gasteiger partial charge is 0.268 e. The van der Waals surface area contributed by atoms with Crippen molar-refractivity contribution in [3.8, 4) is 11.1 Å². The lowest BCUT2D eigenvalue weighted by Gasteiger charge is -2.19. The molecule has 1 heterocycles. The van der Waals surface area contributed by atoms with Gasteiger partial charge in [0.15, 0.2) is 0 Å². The molecule has 4 rings (SSSR count). The van der Waals surface area contributed by atoms with E-state index in [-0.39, 0.29) is 40.7 Å². The van der Waals surface area contributed by atoms with Crippen molar-refractivity contribution < 1.29 is 22.4 Å². The zero-order chi connectivity index (χ0) is 28.4. The van der Waals surface area contributed by atoms with Crippen LogP contribution in [0.15, 0.2) is 71.6 Å². The molecule has 204 valence electrons. The number of aromatic amines is 1. The Kier molecular flexibility index (Phi) is 7.78. The molecule has 3 aromatic carbocycles. The highest BCUT2D eigenvalue weighted by Crippen LogP contribution is 2.35. The second-order valence-corrected chi connectivity index (χ2v) is 11.9. The summed E-state index contributed by atoms with van der Waals surface area (Å²) in [5.41, 5.74) is 2.82. The molecule has 39 heavy (non-hydrogen) atoms. The first-order chi connectivity index (χ1) is 18.3. The molecule has 0 saturated carbocycles. The number of amides is 2. The van der Waals surface area contributed by atoms with E-state index in [1.807, 2.05) is 0 Å². The second-order valence-electron chi connectivity index (χ2n) is 10.3. The summed E-state index contributed by atoms with van der Waals surface area (Å²) in [7, 11) is -3.89. The predicted octanol–water partition coefficient (Wildman–Crippen LogP) is 4.94. The fraction of sp³-hybridized carbons (Fsp3) is 0.241. The van der Waals surface area contributed by atoms with Gasteiger partial charge in [0.1, 0.15) is 11.5 Å². The number of sulfonamides is 1. The monoisotopic (exact) mass is 550 g/mol. The Balaban J connectivity index is 1.70. The van der Waals surface area contributed by atoms with Crippen molar-refractivity contribution in [2.45, 2.75) is 38.0 Å². The highest BCUT2D eigenvalue weighted by atomic mass is 32.2. The molecular weight excluding hydrogens is 519 g/mol. The van der Waals surface area contributed by atoms with E-state index in [1.54, 1.807) is 48.5 Å². The molecule has 0 saturated heterocycles. The normalized spacial score (nSPS) is 11.8. The third-order valence-corrected chi connectivity index (χ3v) is 7.60.